The molecule has 4 nitrogen and oxygen atoms in total. The lowest BCUT2D eigenvalue weighted by Gasteiger charge is -2.28. The van der Waals surface area contributed by atoms with Gasteiger partial charge in [0.2, 0.25) is 0 Å². The molecule has 27 heavy (non-hydrogen) atoms. The van der Waals surface area contributed by atoms with Crippen LogP contribution in [0.15, 0.2) is 24.3 Å². The summed E-state index contributed by atoms with van der Waals surface area (Å²) in [6, 6.07) is 8.16. The highest BCUT2D eigenvalue weighted by Crippen LogP contribution is 2.15. The van der Waals surface area contributed by atoms with Gasteiger partial charge in [-0.25, -0.2) is 4.79 Å². The second kappa shape index (κ2) is 12.8. The van der Waals surface area contributed by atoms with E-state index in [-0.39, 0.29) is 12.2 Å². The van der Waals surface area contributed by atoms with E-state index in [4.69, 9.17) is 4.74 Å². The molecular formula is C23H38N2O2. The van der Waals surface area contributed by atoms with Gasteiger partial charge in [0.15, 0.2) is 0 Å². The van der Waals surface area contributed by atoms with E-state index in [1.165, 1.54) is 63.4 Å². The van der Waals surface area contributed by atoms with Crippen LogP contribution in [0.4, 0.5) is 10.5 Å². The van der Waals surface area contributed by atoms with Crippen molar-refractivity contribution in [2.24, 2.45) is 0 Å². The van der Waals surface area contributed by atoms with Crippen LogP contribution in [0.2, 0.25) is 0 Å². The summed E-state index contributed by atoms with van der Waals surface area (Å²) in [5.74, 6) is 0. The first kappa shape index (κ1) is 21.7. The molecule has 0 bridgehead atoms. The van der Waals surface area contributed by atoms with Gasteiger partial charge in [0, 0.05) is 12.2 Å². The lowest BCUT2D eigenvalue weighted by Crippen LogP contribution is -2.37. The van der Waals surface area contributed by atoms with Crippen LogP contribution in [0.3, 0.4) is 0 Å². The molecule has 0 spiro atoms. The van der Waals surface area contributed by atoms with E-state index in [0.29, 0.717) is 0 Å². The summed E-state index contributed by atoms with van der Waals surface area (Å²) in [5.41, 5.74) is 2.11. The smallest absolute Gasteiger partial charge is 0.411 e. The van der Waals surface area contributed by atoms with Gasteiger partial charge < -0.3 is 4.74 Å². The number of ether oxygens (including phenoxy) is 1. The fourth-order valence-electron chi connectivity index (χ4n) is 3.79. The number of nitrogens with one attached hydrogen (secondary N) is 1. The van der Waals surface area contributed by atoms with E-state index in [1.54, 1.807) is 0 Å². The highest BCUT2D eigenvalue weighted by atomic mass is 16.6. The molecule has 0 radical (unpaired) electrons. The molecule has 1 saturated heterocycles. The number of anilines is 1. The number of nitrogens with zero attached hydrogens (tertiary/aromatic N) is 1. The molecule has 0 saturated carbocycles. The number of aryl methyl sites for hydroxylation is 1. The van der Waals surface area contributed by atoms with Crippen LogP contribution >= 0.6 is 0 Å². The molecule has 4 heteroatoms. The summed E-state index contributed by atoms with van der Waals surface area (Å²) in [7, 11) is 0. The molecule has 152 valence electrons. The summed E-state index contributed by atoms with van der Waals surface area (Å²) in [6.07, 6.45) is 12.3. The zero-order valence-corrected chi connectivity index (χ0v) is 17.3. The van der Waals surface area contributed by atoms with Crippen LogP contribution < -0.4 is 5.32 Å². The van der Waals surface area contributed by atoms with Crippen molar-refractivity contribution >= 4 is 11.8 Å². The minimum absolute atomic E-state index is 0.0885. The molecule has 1 aliphatic rings. The van der Waals surface area contributed by atoms with Crippen molar-refractivity contribution in [1.82, 2.24) is 4.90 Å². The normalized spacial score (nSPS) is 16.1. The van der Waals surface area contributed by atoms with Crippen LogP contribution in [0.1, 0.15) is 77.2 Å². The largest absolute Gasteiger partial charge is 0.445 e. The monoisotopic (exact) mass is 374 g/mol. The topological polar surface area (TPSA) is 41.6 Å². The van der Waals surface area contributed by atoms with Gasteiger partial charge in [0.25, 0.3) is 0 Å². The minimum Gasteiger partial charge on any atom is -0.445 e. The summed E-state index contributed by atoms with van der Waals surface area (Å²) in [6.45, 7) is 7.29. The van der Waals surface area contributed by atoms with Crippen molar-refractivity contribution in [2.45, 2.75) is 84.2 Å². The van der Waals surface area contributed by atoms with Gasteiger partial charge in [0.1, 0.15) is 6.10 Å². The van der Waals surface area contributed by atoms with E-state index >= 15 is 0 Å². The van der Waals surface area contributed by atoms with E-state index in [2.05, 4.69) is 29.3 Å². The first-order valence-corrected chi connectivity index (χ1v) is 11.0. The number of amides is 1. The third-order valence-corrected chi connectivity index (χ3v) is 5.26. The fraction of sp³-hybridized carbons (Fsp3) is 0.696. The SMILES string of the molecule is CCCCCCCCc1cccc(NC(=O)O[C@H](C)CN2CCCCC2)c1. The molecule has 1 amide bonds. The Morgan fingerprint density at radius 2 is 1.85 bits per heavy atom. The van der Waals surface area contributed by atoms with Gasteiger partial charge in [-0.3, -0.25) is 10.2 Å². The number of piperidine rings is 1. The molecular weight excluding hydrogens is 336 g/mol. The maximum absolute atomic E-state index is 12.2. The van der Waals surface area contributed by atoms with Crippen molar-refractivity contribution in [2.75, 3.05) is 25.0 Å². The highest BCUT2D eigenvalue weighted by Gasteiger charge is 2.16. The summed E-state index contributed by atoms with van der Waals surface area (Å²) in [5, 5.41) is 2.89. The Balaban J connectivity index is 1.68. The van der Waals surface area contributed by atoms with Crippen LogP contribution in [0.5, 0.6) is 0 Å². The Hall–Kier alpha value is -1.55. The summed E-state index contributed by atoms with van der Waals surface area (Å²) < 4.78 is 5.54. The maximum atomic E-state index is 12.2. The zero-order valence-electron chi connectivity index (χ0n) is 17.3. The lowest BCUT2D eigenvalue weighted by atomic mass is 10.0. The van der Waals surface area contributed by atoms with Crippen molar-refractivity contribution in [3.63, 3.8) is 0 Å². The summed E-state index contributed by atoms with van der Waals surface area (Å²) in [4.78, 5) is 14.6. The lowest BCUT2D eigenvalue weighted by molar-refractivity contribution is 0.0833. The van der Waals surface area contributed by atoms with E-state index in [0.717, 1.165) is 31.7 Å². The second-order valence-electron chi connectivity index (χ2n) is 7.92. The quantitative estimate of drug-likeness (QED) is 0.482. The van der Waals surface area contributed by atoms with E-state index < -0.39 is 0 Å². The number of hydrogen-bond acceptors (Lipinski definition) is 3. The van der Waals surface area contributed by atoms with Gasteiger partial charge >= 0.3 is 6.09 Å². The van der Waals surface area contributed by atoms with Crippen molar-refractivity contribution in [3.05, 3.63) is 29.8 Å². The molecule has 0 aromatic heterocycles. The first-order chi connectivity index (χ1) is 13.2. The molecule has 1 N–H and O–H groups in total. The molecule has 1 aromatic rings. The van der Waals surface area contributed by atoms with Crippen LogP contribution in [-0.2, 0) is 11.2 Å². The predicted octanol–water partition coefficient (Wildman–Crippen LogP) is 6.01. The number of hydrogen-bond donors (Lipinski definition) is 1. The number of benzene rings is 1. The van der Waals surface area contributed by atoms with Gasteiger partial charge in [-0.2, -0.15) is 0 Å². The predicted molar refractivity (Wildman–Crippen MR) is 113 cm³/mol. The number of unbranched alkanes of at least 4 members (excludes halogenated alkanes) is 5. The molecule has 1 atom stereocenters. The molecule has 2 rings (SSSR count). The van der Waals surface area contributed by atoms with Gasteiger partial charge in [0.05, 0.1) is 0 Å². The Kier molecular flexibility index (Phi) is 10.3. The molecule has 1 heterocycles. The van der Waals surface area contributed by atoms with Gasteiger partial charge in [-0.1, -0.05) is 57.6 Å². The average molecular weight is 375 g/mol. The van der Waals surface area contributed by atoms with Gasteiger partial charge in [-0.05, 0) is 63.4 Å². The number of rotatable bonds is 11. The Bertz CT molecular complexity index is 541. The fourth-order valence-corrected chi connectivity index (χ4v) is 3.79. The minimum atomic E-state index is -0.351. The molecule has 0 aliphatic carbocycles. The Morgan fingerprint density at radius 1 is 1.11 bits per heavy atom. The molecule has 1 aliphatic heterocycles. The first-order valence-electron chi connectivity index (χ1n) is 11.0. The maximum Gasteiger partial charge on any atom is 0.411 e. The van der Waals surface area contributed by atoms with Crippen molar-refractivity contribution in [3.8, 4) is 0 Å². The van der Waals surface area contributed by atoms with Crippen molar-refractivity contribution < 1.29 is 9.53 Å². The Morgan fingerprint density at radius 3 is 2.63 bits per heavy atom. The van der Waals surface area contributed by atoms with Crippen LogP contribution in [0.25, 0.3) is 0 Å². The number of carbonyl (C=O) groups is 1. The average Bonchev–Trinajstić information content (AvgIpc) is 2.65. The second-order valence-corrected chi connectivity index (χ2v) is 7.92. The van der Waals surface area contributed by atoms with Crippen molar-refractivity contribution in [1.29, 1.82) is 0 Å². The zero-order chi connectivity index (χ0) is 19.3. The summed E-state index contributed by atoms with van der Waals surface area (Å²) >= 11 is 0. The number of likely N-dealkylation sites (tertiary alicyclic amines) is 1. The standard InChI is InChI=1S/C23H38N2O2/c1-3-4-5-6-7-9-13-21-14-12-15-22(18-21)24-23(26)27-20(2)19-25-16-10-8-11-17-25/h12,14-15,18,20H,3-11,13,16-17,19H2,1-2H3,(H,24,26)/t20-/m1/s1. The third kappa shape index (κ3) is 9.28. The van der Waals surface area contributed by atoms with Gasteiger partial charge in [-0.15, -0.1) is 0 Å². The third-order valence-electron chi connectivity index (χ3n) is 5.26. The van der Waals surface area contributed by atoms with E-state index in [1.807, 2.05) is 19.1 Å². The van der Waals surface area contributed by atoms with E-state index in [9.17, 15) is 4.79 Å². The van der Waals surface area contributed by atoms with Crippen LogP contribution in [-0.4, -0.2) is 36.7 Å². The van der Waals surface area contributed by atoms with Crippen LogP contribution in [0, 0.1) is 0 Å². The Labute approximate surface area is 165 Å². The molecule has 1 fully saturated rings. The number of carbonyl (C=O) groups excluding carboxylic acids is 1. The molecule has 0 unspecified atom stereocenters. The molecule has 1 aromatic carbocycles. The highest BCUT2D eigenvalue weighted by molar-refractivity contribution is 5.84.